The van der Waals surface area contributed by atoms with Crippen molar-refractivity contribution < 1.29 is 14.3 Å². The van der Waals surface area contributed by atoms with E-state index in [-0.39, 0.29) is 29.8 Å². The number of amides is 2. The molecule has 2 fully saturated rings. The van der Waals surface area contributed by atoms with Crippen molar-refractivity contribution in [3.05, 3.63) is 51.8 Å². The molecule has 0 spiro atoms. The molecule has 7 nitrogen and oxygen atoms in total. The molecular weight excluding hydrogens is 508 g/mol. The highest BCUT2D eigenvalue weighted by Gasteiger charge is 2.40. The van der Waals surface area contributed by atoms with Gasteiger partial charge in [0.25, 0.3) is 0 Å². The molecule has 0 radical (unpaired) electrons. The molecule has 2 aromatic carbocycles. The lowest BCUT2D eigenvalue weighted by Crippen LogP contribution is -2.56. The SMILES string of the molecule is CN[C@@H](C)C(=O)N[C@@H](C(=O)N1CCC[C@H]1c1nc(-c2ccc(Cl)c3ccccc23)cs1)C1CCOCC1. The van der Waals surface area contributed by atoms with Crippen LogP contribution in [-0.4, -0.2) is 60.6 Å². The summed E-state index contributed by atoms with van der Waals surface area (Å²) in [6, 6.07) is 11.0. The zero-order valence-corrected chi connectivity index (χ0v) is 22.8. The van der Waals surface area contributed by atoms with Gasteiger partial charge in [0.1, 0.15) is 11.0 Å². The Hall–Kier alpha value is -2.52. The van der Waals surface area contributed by atoms with Gasteiger partial charge in [-0.15, -0.1) is 11.3 Å². The Kier molecular flexibility index (Phi) is 8.09. The first-order valence-electron chi connectivity index (χ1n) is 13.0. The van der Waals surface area contributed by atoms with Gasteiger partial charge in [-0.05, 0) is 57.0 Å². The summed E-state index contributed by atoms with van der Waals surface area (Å²) in [7, 11) is 1.75. The number of likely N-dealkylation sites (tertiary alicyclic amines) is 1. The molecule has 0 bridgehead atoms. The number of hydrogen-bond acceptors (Lipinski definition) is 6. The highest BCUT2D eigenvalue weighted by atomic mass is 35.5. The third-order valence-corrected chi connectivity index (χ3v) is 8.89. The first kappa shape index (κ1) is 26.1. The Morgan fingerprint density at radius 2 is 1.89 bits per heavy atom. The molecule has 0 saturated carbocycles. The van der Waals surface area contributed by atoms with Gasteiger partial charge in [0.2, 0.25) is 11.8 Å². The van der Waals surface area contributed by atoms with Crippen LogP contribution < -0.4 is 10.6 Å². The highest BCUT2D eigenvalue weighted by Crippen LogP contribution is 2.39. The quantitative estimate of drug-likeness (QED) is 0.450. The number of rotatable bonds is 7. The van der Waals surface area contributed by atoms with Crippen LogP contribution in [0.3, 0.4) is 0 Å². The average Bonchev–Trinajstić information content (AvgIpc) is 3.62. The van der Waals surface area contributed by atoms with Gasteiger partial charge in [-0.2, -0.15) is 0 Å². The zero-order chi connectivity index (χ0) is 25.9. The lowest BCUT2D eigenvalue weighted by molar-refractivity contribution is -0.140. The second kappa shape index (κ2) is 11.5. The molecule has 2 aliphatic heterocycles. The van der Waals surface area contributed by atoms with E-state index in [4.69, 9.17) is 21.3 Å². The summed E-state index contributed by atoms with van der Waals surface area (Å²) in [5.41, 5.74) is 1.93. The Morgan fingerprint density at radius 3 is 2.65 bits per heavy atom. The molecule has 3 heterocycles. The summed E-state index contributed by atoms with van der Waals surface area (Å²) in [4.78, 5) is 33.7. The van der Waals surface area contributed by atoms with Crippen molar-refractivity contribution in [3.8, 4) is 11.3 Å². The molecule has 196 valence electrons. The second-order valence-corrected chi connectivity index (χ2v) is 11.1. The molecule has 5 rings (SSSR count). The number of carbonyl (C=O) groups excluding carboxylic acids is 2. The number of carbonyl (C=O) groups is 2. The first-order chi connectivity index (χ1) is 18.0. The van der Waals surface area contributed by atoms with Crippen molar-refractivity contribution in [1.29, 1.82) is 0 Å². The van der Waals surface area contributed by atoms with Gasteiger partial charge in [0, 0.05) is 41.1 Å². The van der Waals surface area contributed by atoms with Crippen LogP contribution >= 0.6 is 22.9 Å². The monoisotopic (exact) mass is 540 g/mol. The molecule has 2 aliphatic rings. The molecular formula is C28H33ClN4O3S. The van der Waals surface area contributed by atoms with E-state index in [1.807, 2.05) is 35.2 Å². The van der Waals surface area contributed by atoms with Crippen LogP contribution in [0.15, 0.2) is 41.8 Å². The van der Waals surface area contributed by atoms with Crippen LogP contribution in [0.2, 0.25) is 5.02 Å². The number of ether oxygens (including phenoxy) is 1. The van der Waals surface area contributed by atoms with Crippen LogP contribution in [0.5, 0.6) is 0 Å². The maximum Gasteiger partial charge on any atom is 0.246 e. The molecule has 0 unspecified atom stereocenters. The van der Waals surface area contributed by atoms with E-state index >= 15 is 0 Å². The maximum atomic E-state index is 14.0. The summed E-state index contributed by atoms with van der Waals surface area (Å²) >= 11 is 8.02. The number of nitrogens with zero attached hydrogens (tertiary/aromatic N) is 2. The topological polar surface area (TPSA) is 83.6 Å². The fourth-order valence-electron chi connectivity index (χ4n) is 5.36. The zero-order valence-electron chi connectivity index (χ0n) is 21.2. The minimum absolute atomic E-state index is 0.0141. The lowest BCUT2D eigenvalue weighted by atomic mass is 9.90. The van der Waals surface area contributed by atoms with Crippen LogP contribution in [0.4, 0.5) is 0 Å². The predicted molar refractivity (Wildman–Crippen MR) is 148 cm³/mol. The highest BCUT2D eigenvalue weighted by molar-refractivity contribution is 7.10. The maximum absolute atomic E-state index is 14.0. The molecule has 2 saturated heterocycles. The van der Waals surface area contributed by atoms with Crippen molar-refractivity contribution >= 4 is 45.5 Å². The van der Waals surface area contributed by atoms with Crippen molar-refractivity contribution in [2.24, 2.45) is 5.92 Å². The van der Waals surface area contributed by atoms with E-state index in [0.29, 0.717) is 19.8 Å². The second-order valence-electron chi connectivity index (χ2n) is 9.85. The first-order valence-corrected chi connectivity index (χ1v) is 14.2. The molecule has 0 aliphatic carbocycles. The summed E-state index contributed by atoms with van der Waals surface area (Å²) in [5.74, 6) is -0.114. The summed E-state index contributed by atoms with van der Waals surface area (Å²) < 4.78 is 5.54. The van der Waals surface area contributed by atoms with Crippen molar-refractivity contribution in [1.82, 2.24) is 20.5 Å². The van der Waals surface area contributed by atoms with Gasteiger partial charge in [0.15, 0.2) is 0 Å². The lowest BCUT2D eigenvalue weighted by Gasteiger charge is -2.35. The molecule has 3 atom stereocenters. The number of nitrogens with one attached hydrogen (secondary N) is 2. The molecule has 2 N–H and O–H groups in total. The summed E-state index contributed by atoms with van der Waals surface area (Å²) in [6.45, 7) is 3.69. The van der Waals surface area contributed by atoms with E-state index in [9.17, 15) is 9.59 Å². The smallest absolute Gasteiger partial charge is 0.246 e. The van der Waals surface area contributed by atoms with Crippen molar-refractivity contribution in [2.45, 2.75) is 50.7 Å². The Bertz CT molecular complexity index is 1280. The minimum atomic E-state index is -0.563. The van der Waals surface area contributed by atoms with Gasteiger partial charge >= 0.3 is 0 Å². The number of aromatic nitrogens is 1. The third kappa shape index (κ3) is 5.39. The third-order valence-electron chi connectivity index (χ3n) is 7.62. The van der Waals surface area contributed by atoms with Crippen molar-refractivity contribution in [2.75, 3.05) is 26.8 Å². The van der Waals surface area contributed by atoms with Gasteiger partial charge in [-0.25, -0.2) is 4.98 Å². The standard InChI is InChI=1S/C28H33ClN4O3S/c1-17(30-2)26(34)32-25(18-11-14-36-15-12-18)28(35)33-13-5-8-24(33)27-31-23(16-37-27)21-9-10-22(29)20-7-4-3-6-19(20)21/h3-4,6-7,9-10,16-18,24-25,30H,5,8,11-15H2,1-2H3,(H,32,34)/t17-,24-,25+/m0/s1. The van der Waals surface area contributed by atoms with E-state index < -0.39 is 6.04 Å². The largest absolute Gasteiger partial charge is 0.381 e. The molecule has 37 heavy (non-hydrogen) atoms. The van der Waals surface area contributed by atoms with Gasteiger partial charge in [-0.3, -0.25) is 9.59 Å². The Balaban J connectivity index is 1.41. The normalized spacial score (nSPS) is 20.2. The van der Waals surface area contributed by atoms with Crippen LogP contribution in [0.1, 0.15) is 43.7 Å². The van der Waals surface area contributed by atoms with Crippen LogP contribution in [0, 0.1) is 5.92 Å². The predicted octanol–water partition coefficient (Wildman–Crippen LogP) is 4.80. The van der Waals surface area contributed by atoms with Gasteiger partial charge < -0.3 is 20.3 Å². The number of benzene rings is 2. The van der Waals surface area contributed by atoms with E-state index in [1.54, 1.807) is 25.3 Å². The van der Waals surface area contributed by atoms with Crippen molar-refractivity contribution in [3.63, 3.8) is 0 Å². The summed E-state index contributed by atoms with van der Waals surface area (Å²) in [5, 5.41) is 11.8. The number of thiazole rings is 1. The fourth-order valence-corrected chi connectivity index (χ4v) is 6.55. The van der Waals surface area contributed by atoms with Crippen LogP contribution in [-0.2, 0) is 14.3 Å². The molecule has 2 amide bonds. The molecule has 9 heteroatoms. The number of fused-ring (bicyclic) bond motifs is 1. The van der Waals surface area contributed by atoms with E-state index in [0.717, 1.165) is 57.7 Å². The number of hydrogen-bond donors (Lipinski definition) is 2. The van der Waals surface area contributed by atoms with E-state index in [2.05, 4.69) is 22.1 Å². The van der Waals surface area contributed by atoms with E-state index in [1.165, 1.54) is 0 Å². The molecule has 3 aromatic rings. The Morgan fingerprint density at radius 1 is 1.14 bits per heavy atom. The Labute approximate surface area is 226 Å². The van der Waals surface area contributed by atoms with Crippen LogP contribution in [0.25, 0.3) is 22.0 Å². The van der Waals surface area contributed by atoms with Gasteiger partial charge in [0.05, 0.1) is 17.8 Å². The fraction of sp³-hybridized carbons (Fsp3) is 0.464. The average molecular weight is 541 g/mol. The number of likely N-dealkylation sites (N-methyl/N-ethyl adjacent to an activating group) is 1. The minimum Gasteiger partial charge on any atom is -0.381 e. The van der Waals surface area contributed by atoms with Gasteiger partial charge in [-0.1, -0.05) is 41.9 Å². The number of halogens is 1. The molecule has 1 aromatic heterocycles. The summed E-state index contributed by atoms with van der Waals surface area (Å²) in [6.07, 6.45) is 3.29.